The highest BCUT2D eigenvalue weighted by Gasteiger charge is 2.25. The lowest BCUT2D eigenvalue weighted by molar-refractivity contribution is 0.378. The molecular formula is C17H26FN. The predicted octanol–water partition coefficient (Wildman–Crippen LogP) is 4.41. The van der Waals surface area contributed by atoms with Gasteiger partial charge in [-0.2, -0.15) is 0 Å². The minimum Gasteiger partial charge on any atom is -0.317 e. The molecule has 1 saturated carbocycles. The molecular weight excluding hydrogens is 237 g/mol. The van der Waals surface area contributed by atoms with E-state index in [-0.39, 0.29) is 5.82 Å². The molecule has 2 unspecified atom stereocenters. The van der Waals surface area contributed by atoms with Crippen molar-refractivity contribution in [2.24, 2.45) is 5.92 Å². The topological polar surface area (TPSA) is 12.0 Å². The van der Waals surface area contributed by atoms with Gasteiger partial charge in [0.1, 0.15) is 5.82 Å². The Labute approximate surface area is 116 Å². The van der Waals surface area contributed by atoms with Gasteiger partial charge >= 0.3 is 0 Å². The summed E-state index contributed by atoms with van der Waals surface area (Å²) in [6.07, 6.45) is 6.41. The first-order chi connectivity index (χ1) is 9.22. The van der Waals surface area contributed by atoms with Crippen LogP contribution in [0.25, 0.3) is 0 Å². The van der Waals surface area contributed by atoms with Gasteiger partial charge in [-0.1, -0.05) is 38.3 Å². The van der Waals surface area contributed by atoms with Crippen molar-refractivity contribution in [2.75, 3.05) is 13.1 Å². The normalized spacial score (nSPS) is 24.2. The number of aryl methyl sites for hydroxylation is 1. The van der Waals surface area contributed by atoms with Crippen LogP contribution in [-0.2, 0) is 0 Å². The van der Waals surface area contributed by atoms with Crippen LogP contribution < -0.4 is 5.32 Å². The maximum absolute atomic E-state index is 13.8. The molecule has 2 atom stereocenters. The SMILES string of the molecule is CCNCC1CCCCCC1c1ccc(C)c(F)c1. The third-order valence-electron chi connectivity index (χ3n) is 4.44. The van der Waals surface area contributed by atoms with Gasteiger partial charge in [0.2, 0.25) is 0 Å². The summed E-state index contributed by atoms with van der Waals surface area (Å²) >= 11 is 0. The van der Waals surface area contributed by atoms with Crippen molar-refractivity contribution in [3.05, 3.63) is 35.1 Å². The summed E-state index contributed by atoms with van der Waals surface area (Å²) in [6, 6.07) is 5.83. The Kier molecular flexibility index (Phi) is 5.38. The van der Waals surface area contributed by atoms with Crippen LogP contribution in [0.5, 0.6) is 0 Å². The summed E-state index contributed by atoms with van der Waals surface area (Å²) < 4.78 is 13.8. The summed E-state index contributed by atoms with van der Waals surface area (Å²) in [7, 11) is 0. The second-order valence-corrected chi connectivity index (χ2v) is 5.82. The zero-order valence-corrected chi connectivity index (χ0v) is 12.2. The van der Waals surface area contributed by atoms with E-state index in [0.717, 1.165) is 18.7 Å². The summed E-state index contributed by atoms with van der Waals surface area (Å²) in [4.78, 5) is 0. The minimum absolute atomic E-state index is 0.0519. The Hall–Kier alpha value is -0.890. The molecule has 106 valence electrons. The van der Waals surface area contributed by atoms with Gasteiger partial charge in [-0.25, -0.2) is 4.39 Å². The monoisotopic (exact) mass is 263 g/mol. The largest absolute Gasteiger partial charge is 0.317 e. The summed E-state index contributed by atoms with van der Waals surface area (Å²) in [6.45, 7) is 6.07. The highest BCUT2D eigenvalue weighted by atomic mass is 19.1. The molecule has 0 aliphatic heterocycles. The molecule has 1 aliphatic carbocycles. The standard InChI is InChI=1S/C17H26FN/c1-3-19-12-15-7-5-4-6-8-16(15)14-10-9-13(2)17(18)11-14/h9-11,15-16,19H,3-8,12H2,1-2H3. The van der Waals surface area contributed by atoms with Crippen LogP contribution in [0.4, 0.5) is 4.39 Å². The summed E-state index contributed by atoms with van der Waals surface area (Å²) in [5, 5.41) is 3.48. The number of nitrogens with one attached hydrogen (secondary N) is 1. The van der Waals surface area contributed by atoms with Crippen LogP contribution in [0.3, 0.4) is 0 Å². The Bertz CT molecular complexity index is 402. The molecule has 0 bridgehead atoms. The van der Waals surface area contributed by atoms with Crippen LogP contribution in [-0.4, -0.2) is 13.1 Å². The lowest BCUT2D eigenvalue weighted by atomic mass is 9.82. The number of rotatable bonds is 4. The molecule has 0 saturated heterocycles. The molecule has 2 rings (SSSR count). The lowest BCUT2D eigenvalue weighted by Gasteiger charge is -2.26. The van der Waals surface area contributed by atoms with Crippen molar-refractivity contribution in [2.45, 2.75) is 51.9 Å². The van der Waals surface area contributed by atoms with E-state index >= 15 is 0 Å². The van der Waals surface area contributed by atoms with E-state index in [1.54, 1.807) is 6.07 Å². The van der Waals surface area contributed by atoms with Crippen molar-refractivity contribution in [1.82, 2.24) is 5.32 Å². The van der Waals surface area contributed by atoms with E-state index in [1.807, 2.05) is 13.0 Å². The average molecular weight is 263 g/mol. The quantitative estimate of drug-likeness (QED) is 0.794. The first kappa shape index (κ1) is 14.5. The second-order valence-electron chi connectivity index (χ2n) is 5.82. The molecule has 1 nitrogen and oxygen atoms in total. The molecule has 1 N–H and O–H groups in total. The molecule has 0 spiro atoms. The maximum atomic E-state index is 13.8. The molecule has 2 heteroatoms. The first-order valence-corrected chi connectivity index (χ1v) is 7.69. The molecule has 0 heterocycles. The van der Waals surface area contributed by atoms with E-state index in [9.17, 15) is 4.39 Å². The van der Waals surface area contributed by atoms with Gasteiger partial charge in [0.15, 0.2) is 0 Å². The van der Waals surface area contributed by atoms with Crippen molar-refractivity contribution in [3.63, 3.8) is 0 Å². The van der Waals surface area contributed by atoms with Crippen LogP contribution in [0.2, 0.25) is 0 Å². The average Bonchev–Trinajstić information content (AvgIpc) is 2.65. The number of benzene rings is 1. The van der Waals surface area contributed by atoms with Gasteiger partial charge in [0.25, 0.3) is 0 Å². The molecule has 1 aliphatic rings. The summed E-state index contributed by atoms with van der Waals surface area (Å²) in [5.41, 5.74) is 1.95. The third kappa shape index (κ3) is 3.79. The Balaban J connectivity index is 2.18. The van der Waals surface area contributed by atoms with Crippen molar-refractivity contribution in [1.29, 1.82) is 0 Å². The highest BCUT2D eigenvalue weighted by Crippen LogP contribution is 2.36. The molecule has 19 heavy (non-hydrogen) atoms. The molecule has 1 fully saturated rings. The number of hydrogen-bond acceptors (Lipinski definition) is 1. The van der Waals surface area contributed by atoms with Gasteiger partial charge in [0, 0.05) is 0 Å². The Morgan fingerprint density at radius 2 is 2.00 bits per heavy atom. The van der Waals surface area contributed by atoms with E-state index in [1.165, 1.54) is 37.7 Å². The lowest BCUT2D eigenvalue weighted by Crippen LogP contribution is -2.26. The van der Waals surface area contributed by atoms with Crippen molar-refractivity contribution < 1.29 is 4.39 Å². The molecule has 0 aromatic heterocycles. The molecule has 0 radical (unpaired) electrons. The minimum atomic E-state index is -0.0519. The van der Waals surface area contributed by atoms with Crippen LogP contribution in [0.15, 0.2) is 18.2 Å². The van der Waals surface area contributed by atoms with Crippen LogP contribution in [0, 0.1) is 18.7 Å². The Morgan fingerprint density at radius 3 is 2.74 bits per heavy atom. The molecule has 1 aromatic carbocycles. The fourth-order valence-electron chi connectivity index (χ4n) is 3.24. The highest BCUT2D eigenvalue weighted by molar-refractivity contribution is 5.27. The fraction of sp³-hybridized carbons (Fsp3) is 0.647. The predicted molar refractivity (Wildman–Crippen MR) is 79.0 cm³/mol. The second kappa shape index (κ2) is 7.04. The van der Waals surface area contributed by atoms with E-state index in [4.69, 9.17) is 0 Å². The number of hydrogen-bond donors (Lipinski definition) is 1. The van der Waals surface area contributed by atoms with Crippen LogP contribution in [0.1, 0.15) is 56.1 Å². The van der Waals surface area contributed by atoms with E-state index in [2.05, 4.69) is 18.3 Å². The van der Waals surface area contributed by atoms with Gasteiger partial charge in [-0.05, 0) is 61.9 Å². The van der Waals surface area contributed by atoms with E-state index < -0.39 is 0 Å². The third-order valence-corrected chi connectivity index (χ3v) is 4.44. The molecule has 1 aromatic rings. The smallest absolute Gasteiger partial charge is 0.126 e. The van der Waals surface area contributed by atoms with Crippen molar-refractivity contribution in [3.8, 4) is 0 Å². The fourth-order valence-corrected chi connectivity index (χ4v) is 3.24. The van der Waals surface area contributed by atoms with Gasteiger partial charge in [-0.15, -0.1) is 0 Å². The van der Waals surface area contributed by atoms with Gasteiger partial charge in [-0.3, -0.25) is 0 Å². The zero-order valence-electron chi connectivity index (χ0n) is 12.2. The van der Waals surface area contributed by atoms with Crippen LogP contribution >= 0.6 is 0 Å². The number of halogens is 1. The van der Waals surface area contributed by atoms with E-state index in [0.29, 0.717) is 11.8 Å². The van der Waals surface area contributed by atoms with Gasteiger partial charge in [0.05, 0.1) is 0 Å². The Morgan fingerprint density at radius 1 is 1.21 bits per heavy atom. The summed E-state index contributed by atoms with van der Waals surface area (Å²) in [5.74, 6) is 1.13. The molecule has 0 amide bonds. The maximum Gasteiger partial charge on any atom is 0.126 e. The first-order valence-electron chi connectivity index (χ1n) is 7.69. The zero-order chi connectivity index (χ0) is 13.7. The van der Waals surface area contributed by atoms with Crippen molar-refractivity contribution >= 4 is 0 Å². The van der Waals surface area contributed by atoms with Gasteiger partial charge < -0.3 is 5.32 Å².